The maximum absolute atomic E-state index is 12.2. The first-order chi connectivity index (χ1) is 9.92. The molecule has 0 radical (unpaired) electrons. The van der Waals surface area contributed by atoms with E-state index in [1.54, 1.807) is 20.0 Å². The maximum Gasteiger partial charge on any atom is 0.274 e. The summed E-state index contributed by atoms with van der Waals surface area (Å²) in [6.45, 7) is 1.78. The van der Waals surface area contributed by atoms with Crippen LogP contribution in [0.25, 0.3) is 0 Å². The van der Waals surface area contributed by atoms with E-state index in [1.165, 1.54) is 30.0 Å². The van der Waals surface area contributed by atoms with E-state index in [4.69, 9.17) is 4.74 Å². The van der Waals surface area contributed by atoms with Gasteiger partial charge >= 0.3 is 0 Å². The molecule has 110 valence electrons. The Hall–Kier alpha value is -2.90. The van der Waals surface area contributed by atoms with E-state index in [1.807, 2.05) is 0 Å². The molecule has 0 saturated carbocycles. The second-order valence-electron chi connectivity index (χ2n) is 4.39. The maximum atomic E-state index is 12.2. The van der Waals surface area contributed by atoms with Gasteiger partial charge in [0.25, 0.3) is 11.6 Å². The molecule has 1 aromatic heterocycles. The van der Waals surface area contributed by atoms with E-state index in [0.717, 1.165) is 5.69 Å². The van der Waals surface area contributed by atoms with Crippen molar-refractivity contribution in [3.63, 3.8) is 0 Å². The number of methoxy groups -OCH3 is 1. The van der Waals surface area contributed by atoms with Crippen LogP contribution in [0.2, 0.25) is 0 Å². The summed E-state index contributed by atoms with van der Waals surface area (Å²) in [5, 5.41) is 17.5. The smallest absolute Gasteiger partial charge is 0.274 e. The largest absolute Gasteiger partial charge is 0.494 e. The van der Waals surface area contributed by atoms with Gasteiger partial charge in [-0.05, 0) is 19.1 Å². The number of rotatable bonds is 4. The minimum absolute atomic E-state index is 0.110. The van der Waals surface area contributed by atoms with Crippen LogP contribution in [0.3, 0.4) is 0 Å². The van der Waals surface area contributed by atoms with Gasteiger partial charge in [0, 0.05) is 13.1 Å². The van der Waals surface area contributed by atoms with Crippen LogP contribution >= 0.6 is 0 Å². The number of carbonyl (C=O) groups excluding carboxylic acids is 1. The normalized spacial score (nSPS) is 10.2. The molecule has 1 N–H and O–H groups in total. The molecule has 1 aromatic carbocycles. The summed E-state index contributed by atoms with van der Waals surface area (Å²) >= 11 is 0. The van der Waals surface area contributed by atoms with Crippen molar-refractivity contribution in [2.24, 2.45) is 7.05 Å². The quantitative estimate of drug-likeness (QED) is 0.684. The standard InChI is InChI=1S/C13H14N4O4/c1-8-6-11(16(2)15-8)13(18)14-10-5-4-9(17(19)20)7-12(10)21-3/h4-7H,1-3H3,(H,14,18). The zero-order chi connectivity index (χ0) is 15.6. The SMILES string of the molecule is COc1cc([N+](=O)[O-])ccc1NC(=O)c1cc(C)nn1C. The van der Waals surface area contributed by atoms with Crippen LogP contribution in [0.1, 0.15) is 16.2 Å². The minimum Gasteiger partial charge on any atom is -0.494 e. The summed E-state index contributed by atoms with van der Waals surface area (Å²) in [4.78, 5) is 22.4. The van der Waals surface area contributed by atoms with E-state index in [2.05, 4.69) is 10.4 Å². The highest BCUT2D eigenvalue weighted by Crippen LogP contribution is 2.29. The molecule has 0 unspecified atom stereocenters. The number of benzene rings is 1. The number of ether oxygens (including phenoxy) is 1. The lowest BCUT2D eigenvalue weighted by Crippen LogP contribution is -2.16. The number of carbonyl (C=O) groups is 1. The Morgan fingerprint density at radius 2 is 2.14 bits per heavy atom. The van der Waals surface area contributed by atoms with Crippen LogP contribution in [0, 0.1) is 17.0 Å². The third kappa shape index (κ3) is 2.99. The van der Waals surface area contributed by atoms with Crippen molar-refractivity contribution in [3.05, 3.63) is 45.8 Å². The Labute approximate surface area is 120 Å². The predicted molar refractivity (Wildman–Crippen MR) is 75.5 cm³/mol. The van der Waals surface area contributed by atoms with Gasteiger partial charge in [-0.3, -0.25) is 19.6 Å². The fourth-order valence-electron chi connectivity index (χ4n) is 1.91. The van der Waals surface area contributed by atoms with Crippen molar-refractivity contribution in [1.82, 2.24) is 9.78 Å². The van der Waals surface area contributed by atoms with Crippen LogP contribution in [0.4, 0.5) is 11.4 Å². The van der Waals surface area contributed by atoms with Crippen molar-refractivity contribution in [2.45, 2.75) is 6.92 Å². The number of amides is 1. The summed E-state index contributed by atoms with van der Waals surface area (Å²) in [5.41, 5.74) is 1.35. The van der Waals surface area contributed by atoms with Crippen molar-refractivity contribution in [3.8, 4) is 5.75 Å². The van der Waals surface area contributed by atoms with Crippen LogP contribution < -0.4 is 10.1 Å². The molecule has 0 aliphatic rings. The molecule has 8 heteroatoms. The van der Waals surface area contributed by atoms with Crippen LogP contribution in [0.5, 0.6) is 5.75 Å². The van der Waals surface area contributed by atoms with Crippen LogP contribution in [-0.2, 0) is 7.05 Å². The summed E-state index contributed by atoms with van der Waals surface area (Å²) in [5.74, 6) is -0.151. The Balaban J connectivity index is 2.29. The third-order valence-electron chi connectivity index (χ3n) is 2.88. The van der Waals surface area contributed by atoms with E-state index in [9.17, 15) is 14.9 Å². The summed E-state index contributed by atoms with van der Waals surface area (Å²) in [6.07, 6.45) is 0. The second-order valence-corrected chi connectivity index (χ2v) is 4.39. The van der Waals surface area contributed by atoms with Gasteiger partial charge in [-0.25, -0.2) is 0 Å². The molecule has 0 fully saturated rings. The van der Waals surface area contributed by atoms with Gasteiger partial charge in [-0.15, -0.1) is 0 Å². The van der Waals surface area contributed by atoms with Crippen molar-refractivity contribution in [1.29, 1.82) is 0 Å². The Morgan fingerprint density at radius 3 is 2.67 bits per heavy atom. The molecule has 0 atom stereocenters. The van der Waals surface area contributed by atoms with Crippen molar-refractivity contribution in [2.75, 3.05) is 12.4 Å². The van der Waals surface area contributed by atoms with Gasteiger partial charge in [-0.2, -0.15) is 5.10 Å². The number of anilines is 1. The lowest BCUT2D eigenvalue weighted by Gasteiger charge is -2.09. The van der Waals surface area contributed by atoms with Gasteiger partial charge in [0.05, 0.1) is 29.5 Å². The number of aryl methyl sites for hydroxylation is 2. The molecule has 0 aliphatic carbocycles. The zero-order valence-corrected chi connectivity index (χ0v) is 11.8. The van der Waals surface area contributed by atoms with Crippen LogP contribution in [-0.4, -0.2) is 27.7 Å². The molecule has 0 bridgehead atoms. The average molecular weight is 290 g/mol. The molecule has 21 heavy (non-hydrogen) atoms. The number of hydrogen-bond donors (Lipinski definition) is 1. The Bertz CT molecular complexity index is 708. The lowest BCUT2D eigenvalue weighted by molar-refractivity contribution is -0.384. The number of non-ortho nitro benzene ring substituents is 1. The molecule has 2 aromatic rings. The summed E-state index contributed by atoms with van der Waals surface area (Å²) < 4.78 is 6.53. The van der Waals surface area contributed by atoms with Gasteiger partial charge in [-0.1, -0.05) is 0 Å². The average Bonchev–Trinajstić information content (AvgIpc) is 2.78. The third-order valence-corrected chi connectivity index (χ3v) is 2.88. The number of nitrogens with zero attached hydrogens (tertiary/aromatic N) is 3. The number of nitro benzene ring substituents is 1. The molecule has 0 aliphatic heterocycles. The first-order valence-electron chi connectivity index (χ1n) is 6.07. The highest BCUT2D eigenvalue weighted by molar-refractivity contribution is 6.04. The fraction of sp³-hybridized carbons (Fsp3) is 0.231. The molecule has 0 spiro atoms. The molecular weight excluding hydrogens is 276 g/mol. The number of nitrogens with one attached hydrogen (secondary N) is 1. The zero-order valence-electron chi connectivity index (χ0n) is 11.8. The molecule has 1 amide bonds. The van der Waals surface area contributed by atoms with Gasteiger partial charge in [0.2, 0.25) is 0 Å². The lowest BCUT2D eigenvalue weighted by atomic mass is 10.2. The highest BCUT2D eigenvalue weighted by atomic mass is 16.6. The Kier molecular flexibility index (Phi) is 3.88. The number of hydrogen-bond acceptors (Lipinski definition) is 5. The second kappa shape index (κ2) is 5.61. The van der Waals surface area contributed by atoms with E-state index in [0.29, 0.717) is 11.4 Å². The van der Waals surface area contributed by atoms with Gasteiger partial charge < -0.3 is 10.1 Å². The first kappa shape index (κ1) is 14.5. The molecule has 1 heterocycles. The fourth-order valence-corrected chi connectivity index (χ4v) is 1.91. The van der Waals surface area contributed by atoms with Gasteiger partial charge in [0.15, 0.2) is 0 Å². The topological polar surface area (TPSA) is 99.3 Å². The monoisotopic (exact) mass is 290 g/mol. The number of aromatic nitrogens is 2. The van der Waals surface area contributed by atoms with Crippen molar-refractivity contribution >= 4 is 17.3 Å². The van der Waals surface area contributed by atoms with Gasteiger partial charge in [0.1, 0.15) is 11.4 Å². The first-order valence-corrected chi connectivity index (χ1v) is 6.07. The summed E-state index contributed by atoms with van der Waals surface area (Å²) in [7, 11) is 3.04. The van der Waals surface area contributed by atoms with E-state index in [-0.39, 0.29) is 17.3 Å². The van der Waals surface area contributed by atoms with E-state index >= 15 is 0 Å². The van der Waals surface area contributed by atoms with Crippen molar-refractivity contribution < 1.29 is 14.5 Å². The molecule has 0 saturated heterocycles. The van der Waals surface area contributed by atoms with Crippen LogP contribution in [0.15, 0.2) is 24.3 Å². The predicted octanol–water partition coefficient (Wildman–Crippen LogP) is 1.90. The highest BCUT2D eigenvalue weighted by Gasteiger charge is 2.16. The van der Waals surface area contributed by atoms with E-state index < -0.39 is 4.92 Å². The summed E-state index contributed by atoms with van der Waals surface area (Å²) in [6, 6.07) is 5.63. The molecule has 8 nitrogen and oxygen atoms in total. The Morgan fingerprint density at radius 1 is 1.43 bits per heavy atom. The number of nitro groups is 1. The minimum atomic E-state index is -0.529. The molecule has 2 rings (SSSR count). The molecular formula is C13H14N4O4.